The van der Waals surface area contributed by atoms with Crippen LogP contribution < -0.4 is 5.32 Å². The second kappa shape index (κ2) is 4.86. The fourth-order valence-corrected chi connectivity index (χ4v) is 3.55. The highest BCUT2D eigenvalue weighted by molar-refractivity contribution is 6.30. The fraction of sp³-hybridized carbons (Fsp3) is 0.467. The summed E-state index contributed by atoms with van der Waals surface area (Å²) in [7, 11) is 0. The highest BCUT2D eigenvalue weighted by Crippen LogP contribution is 2.33. The summed E-state index contributed by atoms with van der Waals surface area (Å²) >= 11 is 6.05. The van der Waals surface area contributed by atoms with Gasteiger partial charge in [-0.15, -0.1) is 10.2 Å². The average molecular weight is 289 g/mol. The molecule has 1 aromatic carbocycles. The van der Waals surface area contributed by atoms with Gasteiger partial charge in [-0.05, 0) is 42.5 Å². The van der Waals surface area contributed by atoms with Gasteiger partial charge in [0, 0.05) is 24.0 Å². The van der Waals surface area contributed by atoms with Crippen molar-refractivity contribution < 1.29 is 0 Å². The number of rotatable bonds is 3. The maximum Gasteiger partial charge on any atom is 0.147 e. The standard InChI is InChI=1S/C15H17ClN4/c16-11-4-5-12-10(8-11)3-6-13(12)17-9-15-19-18-14-2-1-7-20(14)15/h4-5,8,13,17H,1-3,6-7,9H2. The highest BCUT2D eigenvalue weighted by Gasteiger charge is 2.23. The molecule has 2 aliphatic rings. The van der Waals surface area contributed by atoms with Gasteiger partial charge < -0.3 is 9.88 Å². The second-order valence-electron chi connectivity index (χ2n) is 5.60. The van der Waals surface area contributed by atoms with Crippen molar-refractivity contribution in [2.75, 3.05) is 0 Å². The van der Waals surface area contributed by atoms with Crippen LogP contribution in [0.4, 0.5) is 0 Å². The summed E-state index contributed by atoms with van der Waals surface area (Å²) in [6.45, 7) is 1.86. The normalized spacial score (nSPS) is 20.1. The Labute approximate surface area is 123 Å². The molecule has 20 heavy (non-hydrogen) atoms. The summed E-state index contributed by atoms with van der Waals surface area (Å²) in [5.41, 5.74) is 2.76. The minimum absolute atomic E-state index is 0.414. The predicted molar refractivity (Wildman–Crippen MR) is 77.7 cm³/mol. The third-order valence-corrected chi connectivity index (χ3v) is 4.61. The number of fused-ring (bicyclic) bond motifs is 2. The molecule has 0 spiro atoms. The lowest BCUT2D eigenvalue weighted by Crippen LogP contribution is -2.21. The van der Waals surface area contributed by atoms with Crippen LogP contribution in [-0.4, -0.2) is 14.8 Å². The summed E-state index contributed by atoms with van der Waals surface area (Å²) in [4.78, 5) is 0. The zero-order chi connectivity index (χ0) is 13.5. The van der Waals surface area contributed by atoms with E-state index in [0.717, 1.165) is 49.0 Å². The monoisotopic (exact) mass is 288 g/mol. The molecule has 104 valence electrons. The third kappa shape index (κ3) is 2.03. The fourth-order valence-electron chi connectivity index (χ4n) is 3.35. The van der Waals surface area contributed by atoms with E-state index in [1.54, 1.807) is 0 Å². The first-order valence-electron chi connectivity index (χ1n) is 7.24. The van der Waals surface area contributed by atoms with Crippen molar-refractivity contribution >= 4 is 11.6 Å². The van der Waals surface area contributed by atoms with Crippen molar-refractivity contribution in [2.24, 2.45) is 0 Å². The van der Waals surface area contributed by atoms with Crippen molar-refractivity contribution in [1.29, 1.82) is 0 Å². The summed E-state index contributed by atoms with van der Waals surface area (Å²) < 4.78 is 2.25. The van der Waals surface area contributed by atoms with Gasteiger partial charge in [0.1, 0.15) is 11.6 Å². The summed E-state index contributed by atoms with van der Waals surface area (Å²) in [6, 6.07) is 6.63. The lowest BCUT2D eigenvalue weighted by molar-refractivity contribution is 0.506. The lowest BCUT2D eigenvalue weighted by Gasteiger charge is -2.14. The molecule has 1 N–H and O–H groups in total. The van der Waals surface area contributed by atoms with Crippen LogP contribution in [0.2, 0.25) is 5.02 Å². The van der Waals surface area contributed by atoms with Crippen molar-refractivity contribution in [3.63, 3.8) is 0 Å². The Hall–Kier alpha value is -1.39. The molecule has 4 nitrogen and oxygen atoms in total. The van der Waals surface area contributed by atoms with Gasteiger partial charge in [0.05, 0.1) is 6.54 Å². The van der Waals surface area contributed by atoms with Gasteiger partial charge in [0.2, 0.25) is 0 Å². The molecule has 0 saturated carbocycles. The molecule has 5 heteroatoms. The SMILES string of the molecule is Clc1ccc2c(c1)CCC2NCc1nnc2n1CCC2. The minimum atomic E-state index is 0.414. The maximum atomic E-state index is 6.05. The van der Waals surface area contributed by atoms with Crippen LogP contribution >= 0.6 is 11.6 Å². The Morgan fingerprint density at radius 3 is 3.20 bits per heavy atom. The number of benzene rings is 1. The largest absolute Gasteiger partial charge is 0.314 e. The van der Waals surface area contributed by atoms with Crippen LogP contribution in [-0.2, 0) is 25.9 Å². The zero-order valence-corrected chi connectivity index (χ0v) is 12.0. The number of halogens is 1. The van der Waals surface area contributed by atoms with E-state index < -0.39 is 0 Å². The van der Waals surface area contributed by atoms with E-state index in [1.807, 2.05) is 6.07 Å². The first-order chi connectivity index (χ1) is 9.81. The molecule has 0 bridgehead atoms. The topological polar surface area (TPSA) is 42.7 Å². The zero-order valence-electron chi connectivity index (χ0n) is 11.3. The third-order valence-electron chi connectivity index (χ3n) is 4.38. The first kappa shape index (κ1) is 12.4. The number of hydrogen-bond donors (Lipinski definition) is 1. The summed E-state index contributed by atoms with van der Waals surface area (Å²) in [5, 5.41) is 13.0. The van der Waals surface area contributed by atoms with Gasteiger partial charge in [0.15, 0.2) is 0 Å². The van der Waals surface area contributed by atoms with E-state index in [4.69, 9.17) is 11.6 Å². The average Bonchev–Trinajstić information content (AvgIpc) is 3.11. The Bertz CT molecular complexity index is 649. The number of nitrogens with zero attached hydrogens (tertiary/aromatic N) is 3. The molecule has 1 aromatic heterocycles. The van der Waals surface area contributed by atoms with Crippen LogP contribution in [0.15, 0.2) is 18.2 Å². The number of nitrogens with one attached hydrogen (secondary N) is 1. The van der Waals surface area contributed by atoms with Crippen LogP contribution in [0.1, 0.15) is 41.7 Å². The van der Waals surface area contributed by atoms with E-state index in [9.17, 15) is 0 Å². The van der Waals surface area contributed by atoms with Crippen LogP contribution in [0.25, 0.3) is 0 Å². The quantitative estimate of drug-likeness (QED) is 0.944. The number of hydrogen-bond acceptors (Lipinski definition) is 3. The molecular formula is C15H17ClN4. The van der Waals surface area contributed by atoms with Gasteiger partial charge in [-0.3, -0.25) is 0 Å². The molecular weight excluding hydrogens is 272 g/mol. The van der Waals surface area contributed by atoms with Crippen molar-refractivity contribution in [3.8, 4) is 0 Å². The maximum absolute atomic E-state index is 6.05. The first-order valence-corrected chi connectivity index (χ1v) is 7.62. The van der Waals surface area contributed by atoms with Gasteiger partial charge in [-0.25, -0.2) is 0 Å². The van der Waals surface area contributed by atoms with E-state index >= 15 is 0 Å². The van der Waals surface area contributed by atoms with Crippen LogP contribution in [0, 0.1) is 0 Å². The second-order valence-corrected chi connectivity index (χ2v) is 6.04. The Morgan fingerprint density at radius 2 is 2.25 bits per heavy atom. The van der Waals surface area contributed by atoms with Gasteiger partial charge in [0.25, 0.3) is 0 Å². The van der Waals surface area contributed by atoms with Crippen molar-refractivity contribution in [3.05, 3.63) is 46.0 Å². The van der Waals surface area contributed by atoms with E-state index in [0.29, 0.717) is 6.04 Å². The molecule has 0 fully saturated rings. The Kier molecular flexibility index (Phi) is 3.00. The van der Waals surface area contributed by atoms with E-state index in [2.05, 4.69) is 32.2 Å². The molecule has 4 rings (SSSR count). The van der Waals surface area contributed by atoms with Crippen LogP contribution in [0.5, 0.6) is 0 Å². The number of aromatic nitrogens is 3. The molecule has 1 atom stereocenters. The smallest absolute Gasteiger partial charge is 0.147 e. The molecule has 0 amide bonds. The van der Waals surface area contributed by atoms with Crippen molar-refractivity contribution in [2.45, 2.75) is 44.8 Å². The van der Waals surface area contributed by atoms with Crippen LogP contribution in [0.3, 0.4) is 0 Å². The molecule has 1 aliphatic carbocycles. The molecule has 1 aliphatic heterocycles. The van der Waals surface area contributed by atoms with Gasteiger partial charge in [-0.1, -0.05) is 17.7 Å². The van der Waals surface area contributed by atoms with Gasteiger partial charge in [-0.2, -0.15) is 0 Å². The lowest BCUT2D eigenvalue weighted by atomic mass is 10.1. The number of aryl methyl sites for hydroxylation is 2. The molecule has 2 heterocycles. The van der Waals surface area contributed by atoms with E-state index in [1.165, 1.54) is 17.5 Å². The Morgan fingerprint density at radius 1 is 1.30 bits per heavy atom. The minimum Gasteiger partial charge on any atom is -0.314 e. The van der Waals surface area contributed by atoms with E-state index in [-0.39, 0.29) is 0 Å². The Balaban J connectivity index is 1.49. The summed E-state index contributed by atoms with van der Waals surface area (Å²) in [6.07, 6.45) is 4.50. The molecule has 0 saturated heterocycles. The molecule has 2 aromatic rings. The molecule has 0 radical (unpaired) electrons. The predicted octanol–water partition coefficient (Wildman–Crippen LogP) is 2.65. The van der Waals surface area contributed by atoms with Gasteiger partial charge >= 0.3 is 0 Å². The summed E-state index contributed by atoms with van der Waals surface area (Å²) in [5.74, 6) is 2.21. The highest BCUT2D eigenvalue weighted by atomic mass is 35.5. The van der Waals surface area contributed by atoms with Crippen molar-refractivity contribution in [1.82, 2.24) is 20.1 Å². The molecule has 1 unspecified atom stereocenters.